The molecule has 4 nitrogen and oxygen atoms in total. The van der Waals surface area contributed by atoms with Crippen LogP contribution in [0.5, 0.6) is 0 Å². The van der Waals surface area contributed by atoms with Crippen molar-refractivity contribution in [3.63, 3.8) is 0 Å². The second-order valence-corrected chi connectivity index (χ2v) is 5.54. The van der Waals surface area contributed by atoms with Crippen LogP contribution in [0.4, 0.5) is 0 Å². The molecule has 0 saturated heterocycles. The van der Waals surface area contributed by atoms with Gasteiger partial charge in [-0.2, -0.15) is 0 Å². The molecule has 23 heavy (non-hydrogen) atoms. The molecule has 0 bridgehead atoms. The first-order chi connectivity index (χ1) is 11.1. The van der Waals surface area contributed by atoms with E-state index in [0.717, 1.165) is 16.5 Å². The third kappa shape index (κ3) is 3.01. The molecular weight excluding hydrogens is 290 g/mol. The maximum atomic E-state index is 12.4. The maximum absolute atomic E-state index is 12.4. The van der Waals surface area contributed by atoms with Crippen molar-refractivity contribution in [2.24, 2.45) is 0 Å². The highest BCUT2D eigenvalue weighted by Gasteiger charge is 2.17. The molecule has 0 unspecified atom stereocenters. The first-order valence-electron chi connectivity index (χ1n) is 7.45. The van der Waals surface area contributed by atoms with Crippen LogP contribution < -0.4 is 10.9 Å². The summed E-state index contributed by atoms with van der Waals surface area (Å²) >= 11 is 0. The smallest absolute Gasteiger partial charge is 0.349 e. The van der Waals surface area contributed by atoms with Crippen LogP contribution in [0, 0.1) is 6.92 Å². The van der Waals surface area contributed by atoms with Gasteiger partial charge >= 0.3 is 5.63 Å². The quantitative estimate of drug-likeness (QED) is 0.752. The summed E-state index contributed by atoms with van der Waals surface area (Å²) in [4.78, 5) is 24.5. The summed E-state index contributed by atoms with van der Waals surface area (Å²) in [6, 6.07) is 16.3. The number of amides is 1. The normalized spacial score (nSPS) is 12.1. The molecule has 1 heterocycles. The first kappa shape index (κ1) is 15.0. The number of benzene rings is 2. The zero-order chi connectivity index (χ0) is 16.4. The molecule has 0 fully saturated rings. The zero-order valence-corrected chi connectivity index (χ0v) is 13.0. The predicted octanol–water partition coefficient (Wildman–Crippen LogP) is 3.59. The SMILES string of the molecule is Cc1ccccc1[C@@H](C)NC(=O)c1cc2ccccc2oc1=O. The fourth-order valence-electron chi connectivity index (χ4n) is 2.65. The highest BCUT2D eigenvalue weighted by molar-refractivity contribution is 5.96. The molecule has 0 aliphatic heterocycles. The van der Waals surface area contributed by atoms with Gasteiger partial charge < -0.3 is 9.73 Å². The van der Waals surface area contributed by atoms with E-state index in [1.54, 1.807) is 24.3 Å². The highest BCUT2D eigenvalue weighted by Crippen LogP contribution is 2.18. The summed E-state index contributed by atoms with van der Waals surface area (Å²) in [5, 5.41) is 3.58. The number of carbonyl (C=O) groups excluding carboxylic acids is 1. The third-order valence-corrected chi connectivity index (χ3v) is 3.89. The van der Waals surface area contributed by atoms with Gasteiger partial charge in [-0.25, -0.2) is 4.79 Å². The van der Waals surface area contributed by atoms with Gasteiger partial charge in [0.25, 0.3) is 5.91 Å². The number of rotatable bonds is 3. The number of hydrogen-bond acceptors (Lipinski definition) is 3. The average molecular weight is 307 g/mol. The molecule has 4 heteroatoms. The molecule has 3 aromatic rings. The van der Waals surface area contributed by atoms with Crippen molar-refractivity contribution in [1.82, 2.24) is 5.32 Å². The number of nitrogens with one attached hydrogen (secondary N) is 1. The largest absolute Gasteiger partial charge is 0.422 e. The van der Waals surface area contributed by atoms with Gasteiger partial charge in [-0.05, 0) is 37.1 Å². The summed E-state index contributed by atoms with van der Waals surface area (Å²) in [5.41, 5.74) is 1.97. The van der Waals surface area contributed by atoms with Gasteiger partial charge in [0, 0.05) is 5.39 Å². The number of carbonyl (C=O) groups is 1. The lowest BCUT2D eigenvalue weighted by atomic mass is 10.0. The Morgan fingerprint density at radius 1 is 1.09 bits per heavy atom. The predicted molar refractivity (Wildman–Crippen MR) is 89.5 cm³/mol. The van der Waals surface area contributed by atoms with Crippen LogP contribution in [0.1, 0.15) is 34.5 Å². The summed E-state index contributed by atoms with van der Waals surface area (Å²) in [6.07, 6.45) is 0. The van der Waals surface area contributed by atoms with Crippen molar-refractivity contribution in [1.29, 1.82) is 0 Å². The monoisotopic (exact) mass is 307 g/mol. The Hall–Kier alpha value is -2.88. The van der Waals surface area contributed by atoms with Crippen LogP contribution in [0.15, 0.2) is 63.8 Å². The maximum Gasteiger partial charge on any atom is 0.349 e. The highest BCUT2D eigenvalue weighted by atomic mass is 16.4. The van der Waals surface area contributed by atoms with E-state index >= 15 is 0 Å². The van der Waals surface area contributed by atoms with Gasteiger partial charge in [-0.15, -0.1) is 0 Å². The van der Waals surface area contributed by atoms with Crippen LogP contribution in [-0.2, 0) is 0 Å². The summed E-state index contributed by atoms with van der Waals surface area (Å²) in [6.45, 7) is 3.88. The van der Waals surface area contributed by atoms with Gasteiger partial charge in [-0.3, -0.25) is 4.79 Å². The number of aryl methyl sites for hydroxylation is 1. The molecule has 3 rings (SSSR count). The molecule has 116 valence electrons. The minimum atomic E-state index is -0.627. The Labute approximate surface area is 133 Å². The second kappa shape index (κ2) is 6.08. The van der Waals surface area contributed by atoms with Crippen LogP contribution in [0.25, 0.3) is 11.0 Å². The minimum Gasteiger partial charge on any atom is -0.422 e. The van der Waals surface area contributed by atoms with Crippen molar-refractivity contribution < 1.29 is 9.21 Å². The Morgan fingerprint density at radius 3 is 2.57 bits per heavy atom. The molecule has 1 atom stereocenters. The standard InChI is InChI=1S/C19H17NO3/c1-12-7-3-5-9-15(12)13(2)20-18(21)16-11-14-8-4-6-10-17(14)23-19(16)22/h3-11,13H,1-2H3,(H,20,21)/t13-/m1/s1. The van der Waals surface area contributed by atoms with E-state index in [1.165, 1.54) is 0 Å². The zero-order valence-electron chi connectivity index (χ0n) is 13.0. The Kier molecular flexibility index (Phi) is 3.98. The molecule has 0 spiro atoms. The van der Waals surface area contributed by atoms with Crippen LogP contribution in [-0.4, -0.2) is 5.91 Å². The second-order valence-electron chi connectivity index (χ2n) is 5.54. The Balaban J connectivity index is 1.90. The Morgan fingerprint density at radius 2 is 1.78 bits per heavy atom. The van der Waals surface area contributed by atoms with E-state index in [1.807, 2.05) is 44.2 Å². The van der Waals surface area contributed by atoms with Crippen molar-refractivity contribution in [3.8, 4) is 0 Å². The van der Waals surface area contributed by atoms with Crippen molar-refractivity contribution in [2.75, 3.05) is 0 Å². The van der Waals surface area contributed by atoms with E-state index in [-0.39, 0.29) is 11.6 Å². The van der Waals surface area contributed by atoms with Crippen molar-refractivity contribution >= 4 is 16.9 Å². The van der Waals surface area contributed by atoms with Crippen LogP contribution >= 0.6 is 0 Å². The van der Waals surface area contributed by atoms with Gasteiger partial charge in [0.1, 0.15) is 11.1 Å². The fourth-order valence-corrected chi connectivity index (χ4v) is 2.65. The van der Waals surface area contributed by atoms with Gasteiger partial charge in [0.05, 0.1) is 6.04 Å². The summed E-state index contributed by atoms with van der Waals surface area (Å²) in [5.74, 6) is -0.430. The van der Waals surface area contributed by atoms with E-state index in [4.69, 9.17) is 4.42 Å². The van der Waals surface area contributed by atoms with Gasteiger partial charge in [0.15, 0.2) is 0 Å². The number of hydrogen-bond donors (Lipinski definition) is 1. The van der Waals surface area contributed by atoms with Crippen LogP contribution in [0.2, 0.25) is 0 Å². The lowest BCUT2D eigenvalue weighted by molar-refractivity contribution is 0.0936. The summed E-state index contributed by atoms with van der Waals surface area (Å²) < 4.78 is 5.21. The Bertz CT molecular complexity index is 927. The molecule has 0 aliphatic carbocycles. The average Bonchev–Trinajstić information content (AvgIpc) is 2.54. The molecule has 2 aromatic carbocycles. The first-order valence-corrected chi connectivity index (χ1v) is 7.45. The van der Waals surface area contributed by atoms with Crippen LogP contribution in [0.3, 0.4) is 0 Å². The molecule has 0 saturated carbocycles. The lowest BCUT2D eigenvalue weighted by Crippen LogP contribution is -2.30. The minimum absolute atomic E-state index is 0.0177. The third-order valence-electron chi connectivity index (χ3n) is 3.89. The van der Waals surface area contributed by atoms with E-state index in [0.29, 0.717) is 5.58 Å². The molecule has 1 amide bonds. The lowest BCUT2D eigenvalue weighted by Gasteiger charge is -2.16. The van der Waals surface area contributed by atoms with E-state index < -0.39 is 11.5 Å². The van der Waals surface area contributed by atoms with Crippen molar-refractivity contribution in [3.05, 3.63) is 81.7 Å². The van der Waals surface area contributed by atoms with Gasteiger partial charge in [-0.1, -0.05) is 42.5 Å². The molecular formula is C19H17NO3. The molecule has 1 N–H and O–H groups in total. The topological polar surface area (TPSA) is 59.3 Å². The molecule has 0 radical (unpaired) electrons. The molecule has 1 aromatic heterocycles. The van der Waals surface area contributed by atoms with Gasteiger partial charge in [0.2, 0.25) is 0 Å². The number of para-hydroxylation sites is 1. The van der Waals surface area contributed by atoms with E-state index in [2.05, 4.69) is 5.32 Å². The van der Waals surface area contributed by atoms with E-state index in [9.17, 15) is 9.59 Å². The fraction of sp³-hybridized carbons (Fsp3) is 0.158. The summed E-state index contributed by atoms with van der Waals surface area (Å²) in [7, 11) is 0. The number of fused-ring (bicyclic) bond motifs is 1. The van der Waals surface area contributed by atoms with Crippen molar-refractivity contribution in [2.45, 2.75) is 19.9 Å². The molecule has 0 aliphatic rings.